The topological polar surface area (TPSA) is 78.9 Å². The largest absolute Gasteiger partial charge is 0.480 e. The molecule has 1 saturated heterocycles. The lowest BCUT2D eigenvalue weighted by Gasteiger charge is -2.33. The number of rotatable bonds is 12. The van der Waals surface area contributed by atoms with Crippen molar-refractivity contribution in [2.75, 3.05) is 25.1 Å². The van der Waals surface area contributed by atoms with Crippen LogP contribution in [0.2, 0.25) is 0 Å². The summed E-state index contributed by atoms with van der Waals surface area (Å²) in [5.41, 5.74) is 5.66. The van der Waals surface area contributed by atoms with Crippen molar-refractivity contribution in [2.45, 2.75) is 51.5 Å². The summed E-state index contributed by atoms with van der Waals surface area (Å²) in [5.74, 6) is -0.714. The molecule has 0 bridgehead atoms. The molecule has 0 radical (unpaired) electrons. The highest BCUT2D eigenvalue weighted by Crippen LogP contribution is 2.29. The first-order valence-corrected chi connectivity index (χ1v) is 14.9. The van der Waals surface area contributed by atoms with E-state index in [1.807, 2.05) is 67.8 Å². The highest BCUT2D eigenvalue weighted by Gasteiger charge is 2.24. The van der Waals surface area contributed by atoms with Gasteiger partial charge in [-0.15, -0.1) is 0 Å². The Balaban J connectivity index is 1.51. The van der Waals surface area contributed by atoms with Gasteiger partial charge < -0.3 is 15.2 Å². The number of benzene rings is 3. The molecule has 0 aliphatic carbocycles. The molecule has 1 heterocycles. The van der Waals surface area contributed by atoms with Gasteiger partial charge in [0, 0.05) is 18.7 Å². The molecule has 6 nitrogen and oxygen atoms in total. The third-order valence-corrected chi connectivity index (χ3v) is 7.82. The van der Waals surface area contributed by atoms with E-state index in [2.05, 4.69) is 28.4 Å². The van der Waals surface area contributed by atoms with Crippen LogP contribution in [0.25, 0.3) is 11.1 Å². The Kier molecular flexibility index (Phi) is 10.6. The number of thioether (sulfide) groups is 1. The lowest BCUT2D eigenvalue weighted by molar-refractivity contribution is -0.139. The second-order valence-electron chi connectivity index (χ2n) is 10.1. The van der Waals surface area contributed by atoms with Crippen LogP contribution in [0.3, 0.4) is 0 Å². The van der Waals surface area contributed by atoms with Crippen molar-refractivity contribution >= 4 is 23.6 Å². The fourth-order valence-corrected chi connectivity index (χ4v) is 5.53. The summed E-state index contributed by atoms with van der Waals surface area (Å²) in [6.45, 7) is 5.28. The minimum atomic E-state index is -1.01. The molecule has 0 spiro atoms. The molecule has 206 valence electrons. The summed E-state index contributed by atoms with van der Waals surface area (Å²) in [7, 11) is 0. The van der Waals surface area contributed by atoms with E-state index in [-0.39, 0.29) is 12.0 Å². The minimum absolute atomic E-state index is 0.189. The number of likely N-dealkylation sites (tertiary alicyclic amines) is 1. The molecule has 2 unspecified atom stereocenters. The van der Waals surface area contributed by atoms with Crippen molar-refractivity contribution in [1.29, 1.82) is 0 Å². The number of aliphatic carboxylic acids is 1. The van der Waals surface area contributed by atoms with Crippen molar-refractivity contribution in [2.24, 2.45) is 0 Å². The van der Waals surface area contributed by atoms with Crippen LogP contribution in [0.4, 0.5) is 0 Å². The van der Waals surface area contributed by atoms with Crippen LogP contribution in [-0.4, -0.2) is 59.1 Å². The van der Waals surface area contributed by atoms with E-state index in [0.29, 0.717) is 24.3 Å². The summed E-state index contributed by atoms with van der Waals surface area (Å²) < 4.78 is 6.24. The van der Waals surface area contributed by atoms with Crippen LogP contribution >= 0.6 is 11.8 Å². The number of carboxylic acids is 1. The number of nitrogens with one attached hydrogen (secondary N) is 1. The number of piperidine rings is 1. The Morgan fingerprint density at radius 1 is 1.05 bits per heavy atom. The highest BCUT2D eigenvalue weighted by atomic mass is 32.2. The molecule has 7 heteroatoms. The van der Waals surface area contributed by atoms with E-state index in [0.717, 1.165) is 54.7 Å². The summed E-state index contributed by atoms with van der Waals surface area (Å²) in [6.07, 6.45) is 4.63. The lowest BCUT2D eigenvalue weighted by atomic mass is 9.93. The van der Waals surface area contributed by atoms with Gasteiger partial charge in [-0.05, 0) is 84.7 Å². The standard InChI is InChI=1S/C32H38N2O4S/c1-23-9-6-7-13-27(23)29-19-25(14-15-28(29)31(35)33-30(32(36)37)16-18-39-2)20-34-17-8-12-26(21-34)38-22-24-10-4-3-5-11-24/h3-7,9-11,13-15,19,26,30H,8,12,16-18,20-22H2,1-2H3,(H,33,35)(H,36,37). The summed E-state index contributed by atoms with van der Waals surface area (Å²) in [4.78, 5) is 27.5. The smallest absolute Gasteiger partial charge is 0.326 e. The molecule has 1 aliphatic rings. The number of carbonyl (C=O) groups excluding carboxylic acids is 1. The van der Waals surface area contributed by atoms with E-state index in [1.54, 1.807) is 11.8 Å². The zero-order valence-electron chi connectivity index (χ0n) is 22.8. The Hall–Kier alpha value is -3.13. The van der Waals surface area contributed by atoms with Gasteiger partial charge in [0.2, 0.25) is 0 Å². The molecule has 3 aromatic rings. The zero-order chi connectivity index (χ0) is 27.6. The number of hydrogen-bond donors (Lipinski definition) is 2. The molecule has 1 aliphatic heterocycles. The van der Waals surface area contributed by atoms with Gasteiger partial charge in [0.1, 0.15) is 6.04 Å². The summed E-state index contributed by atoms with van der Waals surface area (Å²) in [5, 5.41) is 12.4. The maximum Gasteiger partial charge on any atom is 0.326 e. The normalized spacial score (nSPS) is 16.5. The SMILES string of the molecule is CSCCC(NC(=O)c1ccc(CN2CCCC(OCc3ccccc3)C2)cc1-c1ccccc1C)C(=O)O. The Labute approximate surface area is 235 Å². The number of aryl methyl sites for hydroxylation is 1. The third-order valence-electron chi connectivity index (χ3n) is 7.17. The molecule has 2 N–H and O–H groups in total. The van der Waals surface area contributed by atoms with Crippen molar-refractivity contribution in [3.05, 3.63) is 95.1 Å². The molecule has 3 aromatic carbocycles. The Morgan fingerprint density at radius 2 is 1.82 bits per heavy atom. The molecule has 1 amide bonds. The average Bonchev–Trinajstić information content (AvgIpc) is 2.95. The van der Waals surface area contributed by atoms with Crippen LogP contribution in [-0.2, 0) is 22.7 Å². The number of carboxylic acid groups (broad SMARTS) is 1. The van der Waals surface area contributed by atoms with Gasteiger partial charge in [0.25, 0.3) is 5.91 Å². The van der Waals surface area contributed by atoms with Crippen LogP contribution in [0.15, 0.2) is 72.8 Å². The molecule has 4 rings (SSSR count). The number of carbonyl (C=O) groups is 2. The average molecular weight is 547 g/mol. The maximum atomic E-state index is 13.4. The maximum absolute atomic E-state index is 13.4. The van der Waals surface area contributed by atoms with Crippen LogP contribution in [0.1, 0.15) is 46.3 Å². The van der Waals surface area contributed by atoms with Gasteiger partial charge in [-0.1, -0.05) is 60.7 Å². The van der Waals surface area contributed by atoms with Crippen molar-refractivity contribution in [1.82, 2.24) is 10.2 Å². The molecule has 0 aromatic heterocycles. The molecule has 39 heavy (non-hydrogen) atoms. The first kappa shape index (κ1) is 28.9. The quantitative estimate of drug-likeness (QED) is 0.300. The lowest BCUT2D eigenvalue weighted by Crippen LogP contribution is -2.41. The number of ether oxygens (including phenoxy) is 1. The van der Waals surface area contributed by atoms with E-state index in [9.17, 15) is 14.7 Å². The van der Waals surface area contributed by atoms with Crippen molar-refractivity contribution in [3.8, 4) is 11.1 Å². The highest BCUT2D eigenvalue weighted by molar-refractivity contribution is 7.98. The van der Waals surface area contributed by atoms with Gasteiger partial charge in [0.05, 0.1) is 12.7 Å². The number of nitrogens with zero attached hydrogens (tertiary/aromatic N) is 1. The predicted octanol–water partition coefficient (Wildman–Crippen LogP) is 5.78. The van der Waals surface area contributed by atoms with Gasteiger partial charge in [-0.2, -0.15) is 11.8 Å². The van der Waals surface area contributed by atoms with Crippen molar-refractivity contribution in [3.63, 3.8) is 0 Å². The zero-order valence-corrected chi connectivity index (χ0v) is 23.6. The molecule has 1 fully saturated rings. The van der Waals surface area contributed by atoms with Gasteiger partial charge >= 0.3 is 5.97 Å². The second kappa shape index (κ2) is 14.3. The van der Waals surface area contributed by atoms with Crippen LogP contribution in [0.5, 0.6) is 0 Å². The monoisotopic (exact) mass is 546 g/mol. The van der Waals surface area contributed by atoms with E-state index in [1.165, 1.54) is 5.56 Å². The minimum Gasteiger partial charge on any atom is -0.480 e. The first-order valence-electron chi connectivity index (χ1n) is 13.5. The van der Waals surface area contributed by atoms with Crippen LogP contribution in [0, 0.1) is 6.92 Å². The van der Waals surface area contributed by atoms with E-state index >= 15 is 0 Å². The third kappa shape index (κ3) is 8.18. The molecular weight excluding hydrogens is 508 g/mol. The van der Waals surface area contributed by atoms with Gasteiger partial charge in [0.15, 0.2) is 0 Å². The number of amides is 1. The fourth-order valence-electron chi connectivity index (χ4n) is 5.05. The second-order valence-corrected chi connectivity index (χ2v) is 11.1. The summed E-state index contributed by atoms with van der Waals surface area (Å²) >= 11 is 1.56. The van der Waals surface area contributed by atoms with Gasteiger partial charge in [-0.3, -0.25) is 9.69 Å². The number of hydrogen-bond acceptors (Lipinski definition) is 5. The van der Waals surface area contributed by atoms with E-state index < -0.39 is 12.0 Å². The fraction of sp³-hybridized carbons (Fsp3) is 0.375. The molecule has 2 atom stereocenters. The Morgan fingerprint density at radius 3 is 2.56 bits per heavy atom. The van der Waals surface area contributed by atoms with Gasteiger partial charge in [-0.25, -0.2) is 4.79 Å². The molecule has 0 saturated carbocycles. The first-order chi connectivity index (χ1) is 18.9. The Bertz CT molecular complexity index is 1250. The van der Waals surface area contributed by atoms with Crippen molar-refractivity contribution < 1.29 is 19.4 Å². The van der Waals surface area contributed by atoms with Crippen LogP contribution < -0.4 is 5.32 Å². The predicted molar refractivity (Wildman–Crippen MR) is 158 cm³/mol. The van der Waals surface area contributed by atoms with E-state index in [4.69, 9.17) is 4.74 Å². The summed E-state index contributed by atoms with van der Waals surface area (Å²) in [6, 6.07) is 23.3. The molecular formula is C32H38N2O4S.